The van der Waals surface area contributed by atoms with Gasteiger partial charge in [-0.25, -0.2) is 0 Å². The number of piperazine rings is 1. The van der Waals surface area contributed by atoms with E-state index in [1.54, 1.807) is 12.3 Å². The molecule has 2 fully saturated rings. The fourth-order valence-electron chi connectivity index (χ4n) is 4.08. The summed E-state index contributed by atoms with van der Waals surface area (Å²) in [6.45, 7) is 4.40. The molecule has 0 saturated carbocycles. The molecule has 3 heterocycles. The molecule has 0 atom stereocenters. The summed E-state index contributed by atoms with van der Waals surface area (Å²) in [4.78, 5) is 17.6. The van der Waals surface area contributed by atoms with Gasteiger partial charge in [0, 0.05) is 38.6 Å². The molecule has 0 aliphatic carbocycles. The van der Waals surface area contributed by atoms with Gasteiger partial charge in [-0.2, -0.15) is 5.10 Å². The number of piperidine rings is 1. The first-order valence-electron chi connectivity index (χ1n) is 9.24. The molecule has 2 saturated heterocycles. The van der Waals surface area contributed by atoms with Crippen molar-refractivity contribution in [1.82, 2.24) is 20.0 Å². The highest BCUT2D eigenvalue weighted by Crippen LogP contribution is 2.31. The minimum atomic E-state index is -0.578. The Morgan fingerprint density at radius 3 is 2.41 bits per heavy atom. The van der Waals surface area contributed by atoms with Crippen LogP contribution in [0.2, 0.25) is 0 Å². The van der Waals surface area contributed by atoms with E-state index in [1.807, 2.05) is 40.0 Å². The Kier molecular flexibility index (Phi) is 5.92. The molecule has 27 heavy (non-hydrogen) atoms. The van der Waals surface area contributed by atoms with Gasteiger partial charge in [0.25, 0.3) is 5.91 Å². The normalized spacial score (nSPS) is 19.4. The number of carbonyl (C=O) groups is 1. The Morgan fingerprint density at radius 1 is 1.07 bits per heavy atom. The van der Waals surface area contributed by atoms with Crippen LogP contribution >= 0.6 is 12.4 Å². The predicted octanol–water partition coefficient (Wildman–Crippen LogP) is 1.44. The Hall–Kier alpha value is -2.25. The molecule has 146 valence electrons. The van der Waals surface area contributed by atoms with Crippen LogP contribution in [-0.2, 0) is 10.3 Å². The first kappa shape index (κ1) is 19.5. The summed E-state index contributed by atoms with van der Waals surface area (Å²) in [7, 11) is 0. The van der Waals surface area contributed by atoms with Gasteiger partial charge in [0.15, 0.2) is 0 Å². The molecule has 2 N–H and O–H groups in total. The highest BCUT2D eigenvalue weighted by Gasteiger charge is 2.44. The SMILES string of the molecule is Cl.O=C(N1CCN(c2ccccc2O)CC1)C1(n2cccn2)CCNCC1. The van der Waals surface area contributed by atoms with Crippen LogP contribution in [0.3, 0.4) is 0 Å². The number of nitrogens with zero attached hydrogens (tertiary/aromatic N) is 4. The largest absolute Gasteiger partial charge is 0.506 e. The molecule has 0 bridgehead atoms. The molecule has 2 aliphatic heterocycles. The summed E-state index contributed by atoms with van der Waals surface area (Å²) in [6.07, 6.45) is 5.16. The Labute approximate surface area is 165 Å². The zero-order valence-electron chi connectivity index (χ0n) is 15.3. The predicted molar refractivity (Wildman–Crippen MR) is 106 cm³/mol. The number of phenols is 1. The lowest BCUT2D eigenvalue weighted by Crippen LogP contribution is -2.59. The van der Waals surface area contributed by atoms with Crippen LogP contribution in [0.4, 0.5) is 5.69 Å². The number of carbonyl (C=O) groups excluding carboxylic acids is 1. The Bertz CT molecular complexity index is 753. The van der Waals surface area contributed by atoms with E-state index in [0.717, 1.165) is 44.7 Å². The van der Waals surface area contributed by atoms with E-state index >= 15 is 0 Å². The summed E-state index contributed by atoms with van der Waals surface area (Å²) >= 11 is 0. The Balaban J connectivity index is 0.00000210. The van der Waals surface area contributed by atoms with Crippen molar-refractivity contribution in [2.75, 3.05) is 44.2 Å². The van der Waals surface area contributed by atoms with Gasteiger partial charge in [-0.1, -0.05) is 12.1 Å². The quantitative estimate of drug-likeness (QED) is 0.828. The number of benzene rings is 1. The number of aromatic hydroxyl groups is 1. The molecule has 7 nitrogen and oxygen atoms in total. The topological polar surface area (TPSA) is 73.6 Å². The lowest BCUT2D eigenvalue weighted by molar-refractivity contribution is -0.143. The maximum absolute atomic E-state index is 13.5. The summed E-state index contributed by atoms with van der Waals surface area (Å²) in [5.41, 5.74) is 0.259. The second-order valence-electron chi connectivity index (χ2n) is 7.00. The van der Waals surface area contributed by atoms with E-state index in [-0.39, 0.29) is 18.3 Å². The number of para-hydroxylation sites is 2. The van der Waals surface area contributed by atoms with Crippen molar-refractivity contribution < 1.29 is 9.90 Å². The van der Waals surface area contributed by atoms with Gasteiger partial charge in [-0.05, 0) is 44.1 Å². The molecule has 1 amide bonds. The van der Waals surface area contributed by atoms with Crippen LogP contribution in [0.1, 0.15) is 12.8 Å². The van der Waals surface area contributed by atoms with Crippen molar-refractivity contribution in [3.05, 3.63) is 42.7 Å². The fraction of sp³-hybridized carbons (Fsp3) is 0.474. The third kappa shape index (κ3) is 3.61. The molecule has 2 aliphatic rings. The van der Waals surface area contributed by atoms with E-state index < -0.39 is 5.54 Å². The first-order chi connectivity index (χ1) is 12.7. The number of phenolic OH excluding ortho intramolecular Hbond substituents is 1. The maximum atomic E-state index is 13.5. The minimum Gasteiger partial charge on any atom is -0.506 e. The van der Waals surface area contributed by atoms with Gasteiger partial charge >= 0.3 is 0 Å². The van der Waals surface area contributed by atoms with Crippen molar-refractivity contribution in [2.24, 2.45) is 0 Å². The number of amides is 1. The van der Waals surface area contributed by atoms with Crippen molar-refractivity contribution in [2.45, 2.75) is 18.4 Å². The van der Waals surface area contributed by atoms with E-state index in [2.05, 4.69) is 15.3 Å². The van der Waals surface area contributed by atoms with Crippen molar-refractivity contribution >= 4 is 24.0 Å². The van der Waals surface area contributed by atoms with Gasteiger partial charge in [0.2, 0.25) is 0 Å². The van der Waals surface area contributed by atoms with Crippen LogP contribution in [0, 0.1) is 0 Å². The molecule has 0 radical (unpaired) electrons. The zero-order chi connectivity index (χ0) is 18.0. The number of anilines is 1. The second kappa shape index (κ2) is 8.19. The average Bonchev–Trinajstić information content (AvgIpc) is 3.24. The molecule has 4 rings (SSSR count). The van der Waals surface area contributed by atoms with Gasteiger partial charge in [0.1, 0.15) is 11.3 Å². The third-order valence-corrected chi connectivity index (χ3v) is 5.56. The van der Waals surface area contributed by atoms with Gasteiger partial charge in [-0.3, -0.25) is 9.48 Å². The highest BCUT2D eigenvalue weighted by molar-refractivity contribution is 5.85. The molecule has 0 spiro atoms. The minimum absolute atomic E-state index is 0. The summed E-state index contributed by atoms with van der Waals surface area (Å²) in [5.74, 6) is 0.457. The summed E-state index contributed by atoms with van der Waals surface area (Å²) < 4.78 is 1.85. The first-order valence-corrected chi connectivity index (χ1v) is 9.24. The number of aromatic nitrogens is 2. The van der Waals surface area contributed by atoms with Crippen LogP contribution < -0.4 is 10.2 Å². The van der Waals surface area contributed by atoms with E-state index in [1.165, 1.54) is 0 Å². The van der Waals surface area contributed by atoms with Crippen LogP contribution in [0.15, 0.2) is 42.7 Å². The van der Waals surface area contributed by atoms with Gasteiger partial charge in [-0.15, -0.1) is 12.4 Å². The molecule has 8 heteroatoms. The van der Waals surface area contributed by atoms with E-state index in [9.17, 15) is 9.90 Å². The standard InChI is InChI=1S/C19H25N5O2.ClH/c25-17-5-2-1-4-16(17)22-12-14-23(15-13-22)18(26)19(6-9-20-10-7-19)24-11-3-8-21-24;/h1-5,8,11,20,25H,6-7,9-10,12-15H2;1H. The molecule has 0 unspecified atom stereocenters. The lowest BCUT2D eigenvalue weighted by atomic mass is 9.86. The highest BCUT2D eigenvalue weighted by atomic mass is 35.5. The summed E-state index contributed by atoms with van der Waals surface area (Å²) in [6, 6.07) is 9.25. The second-order valence-corrected chi connectivity index (χ2v) is 7.00. The number of halogens is 1. The number of nitrogens with one attached hydrogen (secondary N) is 1. The number of hydrogen-bond donors (Lipinski definition) is 2. The van der Waals surface area contributed by atoms with Crippen molar-refractivity contribution in [1.29, 1.82) is 0 Å². The summed E-state index contributed by atoms with van der Waals surface area (Å²) in [5, 5.41) is 17.8. The number of rotatable bonds is 3. The van der Waals surface area contributed by atoms with E-state index in [4.69, 9.17) is 0 Å². The molecule has 2 aromatic rings. The molecular weight excluding hydrogens is 366 g/mol. The van der Waals surface area contributed by atoms with Crippen LogP contribution in [0.25, 0.3) is 0 Å². The average molecular weight is 392 g/mol. The van der Waals surface area contributed by atoms with Crippen LogP contribution in [-0.4, -0.2) is 65.0 Å². The van der Waals surface area contributed by atoms with Crippen molar-refractivity contribution in [3.63, 3.8) is 0 Å². The Morgan fingerprint density at radius 2 is 1.78 bits per heavy atom. The van der Waals surface area contributed by atoms with Crippen LogP contribution in [0.5, 0.6) is 5.75 Å². The van der Waals surface area contributed by atoms with Gasteiger partial charge in [0.05, 0.1) is 5.69 Å². The molecular formula is C19H26ClN5O2. The zero-order valence-corrected chi connectivity index (χ0v) is 16.1. The van der Waals surface area contributed by atoms with Crippen molar-refractivity contribution in [3.8, 4) is 5.75 Å². The molecule has 1 aromatic carbocycles. The fourth-order valence-corrected chi connectivity index (χ4v) is 4.08. The van der Waals surface area contributed by atoms with Gasteiger partial charge < -0.3 is 20.2 Å². The maximum Gasteiger partial charge on any atom is 0.250 e. The number of hydrogen-bond acceptors (Lipinski definition) is 5. The third-order valence-electron chi connectivity index (χ3n) is 5.56. The van der Waals surface area contributed by atoms with E-state index in [0.29, 0.717) is 18.8 Å². The lowest BCUT2D eigenvalue weighted by Gasteiger charge is -2.43. The smallest absolute Gasteiger partial charge is 0.250 e. The molecule has 1 aromatic heterocycles. The monoisotopic (exact) mass is 391 g/mol.